The van der Waals surface area contributed by atoms with Crippen LogP contribution in [0.25, 0.3) is 0 Å². The van der Waals surface area contributed by atoms with Crippen LogP contribution in [0.15, 0.2) is 0 Å². The van der Waals surface area contributed by atoms with E-state index in [1.807, 2.05) is 13.8 Å². The molecular weight excluding hydrogens is 162 g/mol. The third-order valence-corrected chi connectivity index (χ3v) is 2.30. The minimum absolute atomic E-state index is 0.452. The Labute approximate surface area is 73.7 Å². The normalized spacial score (nSPS) is 19.4. The maximum atomic E-state index is 9.37. The quantitative estimate of drug-likeness (QED) is 0.435. The predicted octanol–water partition coefficient (Wildman–Crippen LogP) is 0.944. The standard InChI is InChI=1S/C7H17NO2S/c1-4-5-7(2,8-11)6(9)10-3/h6,8-9,11H,4-5H2,1-3H3. The van der Waals surface area contributed by atoms with Crippen LogP contribution in [0.3, 0.4) is 0 Å². The van der Waals surface area contributed by atoms with Crippen LogP contribution >= 0.6 is 12.8 Å². The van der Waals surface area contributed by atoms with Gasteiger partial charge in [-0.25, -0.2) is 0 Å². The minimum Gasteiger partial charge on any atom is -0.366 e. The molecule has 0 aliphatic rings. The number of aliphatic hydroxyl groups excluding tert-OH is 1. The van der Waals surface area contributed by atoms with E-state index in [0.717, 1.165) is 12.8 Å². The summed E-state index contributed by atoms with van der Waals surface area (Å²) >= 11 is 3.94. The Morgan fingerprint density at radius 1 is 1.73 bits per heavy atom. The second kappa shape index (κ2) is 4.98. The van der Waals surface area contributed by atoms with E-state index >= 15 is 0 Å². The van der Waals surface area contributed by atoms with E-state index in [4.69, 9.17) is 4.74 Å². The molecule has 11 heavy (non-hydrogen) atoms. The number of ether oxygens (including phenoxy) is 1. The van der Waals surface area contributed by atoms with Crippen molar-refractivity contribution < 1.29 is 9.84 Å². The average molecular weight is 179 g/mol. The van der Waals surface area contributed by atoms with Crippen molar-refractivity contribution in [3.05, 3.63) is 0 Å². The van der Waals surface area contributed by atoms with E-state index in [1.54, 1.807) is 0 Å². The van der Waals surface area contributed by atoms with Crippen molar-refractivity contribution >= 4 is 12.8 Å². The molecule has 0 aromatic heterocycles. The first-order chi connectivity index (χ1) is 5.10. The third-order valence-electron chi connectivity index (χ3n) is 1.79. The van der Waals surface area contributed by atoms with Crippen molar-refractivity contribution in [2.24, 2.45) is 0 Å². The van der Waals surface area contributed by atoms with Crippen LogP contribution in [0.4, 0.5) is 0 Å². The second-order valence-electron chi connectivity index (χ2n) is 2.87. The first-order valence-electron chi connectivity index (χ1n) is 3.73. The van der Waals surface area contributed by atoms with Crippen LogP contribution in [-0.4, -0.2) is 24.0 Å². The summed E-state index contributed by atoms with van der Waals surface area (Å²) in [5.74, 6) is 0. The summed E-state index contributed by atoms with van der Waals surface area (Å²) in [7, 11) is 1.48. The van der Waals surface area contributed by atoms with Crippen LogP contribution < -0.4 is 4.72 Å². The molecule has 0 aliphatic carbocycles. The first-order valence-corrected chi connectivity index (χ1v) is 4.17. The predicted molar refractivity (Wildman–Crippen MR) is 48.5 cm³/mol. The van der Waals surface area contributed by atoms with Gasteiger partial charge in [-0.2, -0.15) is 0 Å². The molecule has 3 nitrogen and oxygen atoms in total. The summed E-state index contributed by atoms with van der Waals surface area (Å²) in [5.41, 5.74) is -0.452. The summed E-state index contributed by atoms with van der Waals surface area (Å²) < 4.78 is 7.55. The molecule has 0 spiro atoms. The molecule has 0 aromatic carbocycles. The molecule has 2 unspecified atom stereocenters. The van der Waals surface area contributed by atoms with Gasteiger partial charge in [-0.3, -0.25) is 4.72 Å². The van der Waals surface area contributed by atoms with Crippen molar-refractivity contribution in [2.45, 2.75) is 38.5 Å². The maximum absolute atomic E-state index is 9.37. The summed E-state index contributed by atoms with van der Waals surface area (Å²) in [6.07, 6.45) is 0.996. The van der Waals surface area contributed by atoms with Gasteiger partial charge in [-0.05, 0) is 13.3 Å². The molecule has 0 bridgehead atoms. The van der Waals surface area contributed by atoms with Gasteiger partial charge in [0.25, 0.3) is 0 Å². The molecule has 0 heterocycles. The van der Waals surface area contributed by atoms with E-state index in [1.165, 1.54) is 7.11 Å². The van der Waals surface area contributed by atoms with Gasteiger partial charge in [-0.1, -0.05) is 26.2 Å². The zero-order valence-electron chi connectivity index (χ0n) is 7.29. The number of methoxy groups -OCH3 is 1. The minimum atomic E-state index is -0.806. The topological polar surface area (TPSA) is 41.5 Å². The summed E-state index contributed by atoms with van der Waals surface area (Å²) in [6, 6.07) is 0. The van der Waals surface area contributed by atoms with Crippen molar-refractivity contribution in [3.63, 3.8) is 0 Å². The Balaban J connectivity index is 4.07. The van der Waals surface area contributed by atoms with Crippen molar-refractivity contribution in [1.82, 2.24) is 4.72 Å². The van der Waals surface area contributed by atoms with Gasteiger partial charge in [0.1, 0.15) is 0 Å². The molecule has 0 amide bonds. The summed E-state index contributed by atoms with van der Waals surface area (Å²) in [6.45, 7) is 3.92. The zero-order chi connectivity index (χ0) is 8.91. The van der Waals surface area contributed by atoms with Gasteiger partial charge in [0.05, 0.1) is 5.54 Å². The Hall–Kier alpha value is 0.230. The molecule has 68 valence electrons. The largest absolute Gasteiger partial charge is 0.366 e. The first kappa shape index (κ1) is 11.2. The van der Waals surface area contributed by atoms with Crippen molar-refractivity contribution in [2.75, 3.05) is 7.11 Å². The molecule has 0 saturated carbocycles. The van der Waals surface area contributed by atoms with Gasteiger partial charge >= 0.3 is 0 Å². The maximum Gasteiger partial charge on any atom is 0.173 e. The van der Waals surface area contributed by atoms with Crippen LogP contribution in [-0.2, 0) is 4.74 Å². The Morgan fingerprint density at radius 3 is 2.55 bits per heavy atom. The van der Waals surface area contributed by atoms with E-state index < -0.39 is 11.8 Å². The molecule has 4 heteroatoms. The van der Waals surface area contributed by atoms with E-state index in [9.17, 15) is 5.11 Å². The monoisotopic (exact) mass is 179 g/mol. The smallest absolute Gasteiger partial charge is 0.173 e. The van der Waals surface area contributed by atoms with Crippen LogP contribution in [0.2, 0.25) is 0 Å². The highest BCUT2D eigenvalue weighted by molar-refractivity contribution is 7.78. The van der Waals surface area contributed by atoms with E-state index in [-0.39, 0.29) is 0 Å². The molecule has 2 atom stereocenters. The van der Waals surface area contributed by atoms with E-state index in [2.05, 4.69) is 17.5 Å². The highest BCUT2D eigenvalue weighted by Crippen LogP contribution is 2.18. The molecular formula is C7H17NO2S. The number of hydrogen-bond donors (Lipinski definition) is 3. The second-order valence-corrected chi connectivity index (χ2v) is 3.09. The van der Waals surface area contributed by atoms with Gasteiger partial charge in [0.15, 0.2) is 6.29 Å². The molecule has 0 aliphatic heterocycles. The third kappa shape index (κ3) is 2.99. The molecule has 0 rings (SSSR count). The van der Waals surface area contributed by atoms with Gasteiger partial charge < -0.3 is 9.84 Å². The van der Waals surface area contributed by atoms with Crippen LogP contribution in [0, 0.1) is 0 Å². The fourth-order valence-corrected chi connectivity index (χ4v) is 1.24. The highest BCUT2D eigenvalue weighted by Gasteiger charge is 2.30. The highest BCUT2D eigenvalue weighted by atomic mass is 32.1. The molecule has 2 N–H and O–H groups in total. The van der Waals surface area contributed by atoms with E-state index in [0.29, 0.717) is 0 Å². The van der Waals surface area contributed by atoms with Crippen LogP contribution in [0.5, 0.6) is 0 Å². The molecule has 0 aromatic rings. The molecule has 0 radical (unpaired) electrons. The van der Waals surface area contributed by atoms with Gasteiger partial charge in [0, 0.05) is 7.11 Å². The average Bonchev–Trinajstić information content (AvgIpc) is 2.03. The lowest BCUT2D eigenvalue weighted by molar-refractivity contribution is -0.124. The zero-order valence-corrected chi connectivity index (χ0v) is 8.19. The number of thiol groups is 1. The fourth-order valence-electron chi connectivity index (χ4n) is 1.01. The van der Waals surface area contributed by atoms with Crippen LogP contribution in [0.1, 0.15) is 26.7 Å². The lowest BCUT2D eigenvalue weighted by Crippen LogP contribution is -2.48. The van der Waals surface area contributed by atoms with Crippen molar-refractivity contribution in [3.8, 4) is 0 Å². The Morgan fingerprint density at radius 2 is 2.27 bits per heavy atom. The van der Waals surface area contributed by atoms with Gasteiger partial charge in [0.2, 0.25) is 0 Å². The molecule has 0 fully saturated rings. The number of nitrogens with one attached hydrogen (secondary N) is 1. The number of rotatable bonds is 5. The molecule has 0 saturated heterocycles. The Kier molecular flexibility index (Phi) is 5.08. The summed E-state index contributed by atoms with van der Waals surface area (Å²) in [5, 5.41) is 9.37. The lowest BCUT2D eigenvalue weighted by Gasteiger charge is -2.31. The summed E-state index contributed by atoms with van der Waals surface area (Å²) in [4.78, 5) is 0. The number of aliphatic hydroxyl groups is 1. The lowest BCUT2D eigenvalue weighted by atomic mass is 9.97. The fraction of sp³-hybridized carbons (Fsp3) is 1.00. The Bertz CT molecular complexity index is 113. The SMILES string of the molecule is CCCC(C)(NS)C(O)OC. The number of hydrogen-bond acceptors (Lipinski definition) is 4. The van der Waals surface area contributed by atoms with Crippen molar-refractivity contribution in [1.29, 1.82) is 0 Å². The van der Waals surface area contributed by atoms with Gasteiger partial charge in [-0.15, -0.1) is 0 Å².